The van der Waals surface area contributed by atoms with E-state index in [0.29, 0.717) is 11.1 Å². The van der Waals surface area contributed by atoms with E-state index in [2.05, 4.69) is 0 Å². The molecule has 6 heteroatoms. The van der Waals surface area contributed by atoms with Gasteiger partial charge in [0.25, 0.3) is 12.2 Å². The summed E-state index contributed by atoms with van der Waals surface area (Å²) in [5.74, 6) is -2.24. The van der Waals surface area contributed by atoms with Gasteiger partial charge < -0.3 is 10.0 Å². The summed E-state index contributed by atoms with van der Waals surface area (Å²) in [6, 6.07) is 11.2. The van der Waals surface area contributed by atoms with Gasteiger partial charge in [0.1, 0.15) is 11.6 Å². The molecule has 0 saturated carbocycles. The largest absolute Gasteiger partial charge is 0.504 e. The standard InChI is InChI=1S/C18H14F2NO3/c19-15-5-1-13(2-6-15)10-21(18(24)9-17(23)12-22)11-14-3-7-16(20)8-4-14/h1-9,23H,10-11H2/b17-9-. The van der Waals surface area contributed by atoms with E-state index < -0.39 is 23.3 Å². The van der Waals surface area contributed by atoms with Crippen LogP contribution in [0.4, 0.5) is 8.78 Å². The van der Waals surface area contributed by atoms with Gasteiger partial charge in [-0.2, -0.15) is 0 Å². The molecule has 0 fully saturated rings. The van der Waals surface area contributed by atoms with Gasteiger partial charge in [0.2, 0.25) is 0 Å². The third kappa shape index (κ3) is 5.01. The van der Waals surface area contributed by atoms with Crippen LogP contribution in [0, 0.1) is 11.6 Å². The number of benzene rings is 2. The number of halogens is 2. The molecule has 0 spiro atoms. The molecule has 24 heavy (non-hydrogen) atoms. The minimum absolute atomic E-state index is 0.124. The van der Waals surface area contributed by atoms with Crippen molar-refractivity contribution in [1.82, 2.24) is 4.90 Å². The van der Waals surface area contributed by atoms with Gasteiger partial charge in [-0.3, -0.25) is 9.59 Å². The monoisotopic (exact) mass is 330 g/mol. The summed E-state index contributed by atoms with van der Waals surface area (Å²) in [5.41, 5.74) is 1.32. The molecule has 0 atom stereocenters. The Morgan fingerprint density at radius 2 is 1.38 bits per heavy atom. The van der Waals surface area contributed by atoms with Crippen molar-refractivity contribution in [3.63, 3.8) is 0 Å². The van der Waals surface area contributed by atoms with Gasteiger partial charge in [-0.15, -0.1) is 0 Å². The van der Waals surface area contributed by atoms with Gasteiger partial charge in [0, 0.05) is 19.2 Å². The molecule has 0 aromatic heterocycles. The number of carbonyl (C=O) groups excluding carboxylic acids is 2. The number of amides is 1. The lowest BCUT2D eigenvalue weighted by atomic mass is 10.1. The van der Waals surface area contributed by atoms with Crippen molar-refractivity contribution >= 4 is 12.2 Å². The molecule has 0 aliphatic heterocycles. The maximum absolute atomic E-state index is 13.0. The van der Waals surface area contributed by atoms with Gasteiger partial charge in [0.05, 0.1) is 0 Å². The highest BCUT2D eigenvalue weighted by molar-refractivity contribution is 5.92. The highest BCUT2D eigenvalue weighted by Gasteiger charge is 2.14. The predicted octanol–water partition coefficient (Wildman–Crippen LogP) is 3.05. The van der Waals surface area contributed by atoms with E-state index in [1.807, 2.05) is 0 Å². The van der Waals surface area contributed by atoms with Crippen LogP contribution in [0.25, 0.3) is 0 Å². The van der Waals surface area contributed by atoms with E-state index in [4.69, 9.17) is 0 Å². The molecule has 2 aromatic rings. The van der Waals surface area contributed by atoms with Crippen molar-refractivity contribution in [2.45, 2.75) is 13.1 Å². The van der Waals surface area contributed by atoms with Crippen LogP contribution in [0.3, 0.4) is 0 Å². The number of carbonyl (C=O) groups is 1. The van der Waals surface area contributed by atoms with E-state index >= 15 is 0 Å². The quantitative estimate of drug-likeness (QED) is 0.654. The van der Waals surface area contributed by atoms with E-state index in [0.717, 1.165) is 6.08 Å². The Morgan fingerprint density at radius 3 is 1.75 bits per heavy atom. The molecular formula is C18H14F2NO3. The zero-order valence-corrected chi connectivity index (χ0v) is 12.6. The molecule has 0 aliphatic carbocycles. The summed E-state index contributed by atoms with van der Waals surface area (Å²) in [6.07, 6.45) is 1.96. The molecule has 1 amide bonds. The number of aliphatic hydroxyl groups excluding tert-OH is 1. The van der Waals surface area contributed by atoms with Crippen molar-refractivity contribution in [3.05, 3.63) is 83.1 Å². The molecule has 0 unspecified atom stereocenters. The number of nitrogens with zero attached hydrogens (tertiary/aromatic N) is 1. The Labute approximate surface area is 137 Å². The lowest BCUT2D eigenvalue weighted by molar-refractivity contribution is -0.127. The Balaban J connectivity index is 2.22. The summed E-state index contributed by atoms with van der Waals surface area (Å²) in [6.45, 7) is 0.248. The maximum atomic E-state index is 13.0. The number of rotatable bonds is 6. The van der Waals surface area contributed by atoms with Gasteiger partial charge in [-0.1, -0.05) is 24.3 Å². The van der Waals surface area contributed by atoms with Crippen molar-refractivity contribution in [2.75, 3.05) is 0 Å². The highest BCUT2D eigenvalue weighted by Crippen LogP contribution is 2.13. The molecule has 123 valence electrons. The van der Waals surface area contributed by atoms with Crippen LogP contribution in [0.5, 0.6) is 0 Å². The van der Waals surface area contributed by atoms with Crippen LogP contribution < -0.4 is 0 Å². The lowest BCUT2D eigenvalue weighted by Gasteiger charge is -2.21. The molecule has 1 radical (unpaired) electrons. The SMILES string of the molecule is O=[C]/C(O)=C/C(=O)N(Cc1ccc(F)cc1)Cc1ccc(F)cc1. The Hall–Kier alpha value is -3.02. The number of allylic oxidation sites excluding steroid dienone is 1. The van der Waals surface area contributed by atoms with Crippen LogP contribution in [0.1, 0.15) is 11.1 Å². The molecule has 1 N–H and O–H groups in total. The summed E-state index contributed by atoms with van der Waals surface area (Å²) in [4.78, 5) is 23.9. The first kappa shape index (κ1) is 17.3. The molecule has 0 saturated heterocycles. The number of aliphatic hydroxyl groups is 1. The van der Waals surface area contributed by atoms with Gasteiger partial charge in [-0.05, 0) is 35.4 Å². The van der Waals surface area contributed by atoms with Crippen LogP contribution >= 0.6 is 0 Å². The molecular weight excluding hydrogens is 316 g/mol. The van der Waals surface area contributed by atoms with Crippen LogP contribution in [-0.4, -0.2) is 22.2 Å². The molecule has 4 nitrogen and oxygen atoms in total. The first-order chi connectivity index (χ1) is 11.5. The summed E-state index contributed by atoms with van der Waals surface area (Å²) in [5, 5.41) is 9.17. The normalized spacial score (nSPS) is 11.2. The van der Waals surface area contributed by atoms with Crippen LogP contribution in [-0.2, 0) is 22.7 Å². The first-order valence-electron chi connectivity index (χ1n) is 7.04. The summed E-state index contributed by atoms with van der Waals surface area (Å²) in [7, 11) is 0. The van der Waals surface area contributed by atoms with Crippen molar-refractivity contribution in [3.8, 4) is 0 Å². The highest BCUT2D eigenvalue weighted by atomic mass is 19.1. The number of hydrogen-bond donors (Lipinski definition) is 1. The Bertz CT molecular complexity index is 692. The summed E-state index contributed by atoms with van der Waals surface area (Å²) >= 11 is 0. The second-order valence-corrected chi connectivity index (χ2v) is 5.08. The third-order valence-corrected chi connectivity index (χ3v) is 3.25. The van der Waals surface area contributed by atoms with Crippen molar-refractivity contribution in [2.24, 2.45) is 0 Å². The average molecular weight is 330 g/mol. The lowest BCUT2D eigenvalue weighted by Crippen LogP contribution is -2.29. The number of hydrogen-bond acceptors (Lipinski definition) is 3. The zero-order valence-electron chi connectivity index (χ0n) is 12.6. The molecule has 2 aromatic carbocycles. The fraction of sp³-hybridized carbons (Fsp3) is 0.111. The predicted molar refractivity (Wildman–Crippen MR) is 83.5 cm³/mol. The fourth-order valence-electron chi connectivity index (χ4n) is 2.07. The second kappa shape index (κ2) is 8.01. The minimum atomic E-state index is -0.816. The molecule has 0 heterocycles. The maximum Gasteiger partial charge on any atom is 0.271 e. The molecule has 2 rings (SSSR count). The topological polar surface area (TPSA) is 57.6 Å². The summed E-state index contributed by atoms with van der Waals surface area (Å²) < 4.78 is 26.0. The zero-order chi connectivity index (χ0) is 17.5. The second-order valence-electron chi connectivity index (χ2n) is 5.08. The average Bonchev–Trinajstić information content (AvgIpc) is 2.58. The van der Waals surface area contributed by atoms with E-state index in [1.165, 1.54) is 59.7 Å². The fourth-order valence-corrected chi connectivity index (χ4v) is 2.07. The van der Waals surface area contributed by atoms with Crippen LogP contribution in [0.2, 0.25) is 0 Å². The molecule has 0 bridgehead atoms. The Morgan fingerprint density at radius 1 is 0.958 bits per heavy atom. The van der Waals surface area contributed by atoms with Crippen molar-refractivity contribution < 1.29 is 23.5 Å². The van der Waals surface area contributed by atoms with E-state index in [-0.39, 0.29) is 13.1 Å². The minimum Gasteiger partial charge on any atom is -0.504 e. The molecule has 0 aliphatic rings. The van der Waals surface area contributed by atoms with E-state index in [9.17, 15) is 23.5 Å². The van der Waals surface area contributed by atoms with E-state index in [1.54, 1.807) is 0 Å². The first-order valence-corrected chi connectivity index (χ1v) is 7.04. The smallest absolute Gasteiger partial charge is 0.271 e. The van der Waals surface area contributed by atoms with Gasteiger partial charge >= 0.3 is 0 Å². The Kier molecular flexibility index (Phi) is 5.78. The van der Waals surface area contributed by atoms with Gasteiger partial charge in [-0.25, -0.2) is 8.78 Å². The van der Waals surface area contributed by atoms with Crippen molar-refractivity contribution in [1.29, 1.82) is 0 Å². The third-order valence-electron chi connectivity index (χ3n) is 3.25. The van der Waals surface area contributed by atoms with Crippen LogP contribution in [0.15, 0.2) is 60.4 Å². The van der Waals surface area contributed by atoms with Gasteiger partial charge in [0.15, 0.2) is 5.76 Å².